The molecule has 3 rings (SSSR count). The number of aromatic nitrogens is 3. The lowest BCUT2D eigenvalue weighted by Gasteiger charge is -2.37. The van der Waals surface area contributed by atoms with Crippen LogP contribution in [0.25, 0.3) is 0 Å². The van der Waals surface area contributed by atoms with E-state index in [4.69, 9.17) is 4.74 Å². The summed E-state index contributed by atoms with van der Waals surface area (Å²) in [5.41, 5.74) is 0. The Morgan fingerprint density at radius 3 is 2.92 bits per heavy atom. The molecule has 1 N–H and O–H groups in total. The number of nitrogens with zero attached hydrogens (tertiary/aromatic N) is 4. The third-order valence-electron chi connectivity index (χ3n) is 5.50. The molecule has 24 heavy (non-hydrogen) atoms. The lowest BCUT2D eigenvalue weighted by Crippen LogP contribution is -2.53. The van der Waals surface area contributed by atoms with Gasteiger partial charge in [-0.15, -0.1) is 10.2 Å². The molecule has 1 aromatic rings. The van der Waals surface area contributed by atoms with E-state index in [1.807, 2.05) is 18.5 Å². The molecule has 0 radical (unpaired) electrons. The number of morpholine rings is 1. The van der Waals surface area contributed by atoms with Gasteiger partial charge in [0.15, 0.2) is 5.82 Å². The average molecular weight is 335 g/mol. The first-order chi connectivity index (χ1) is 11.6. The molecule has 1 aliphatic heterocycles. The molecule has 1 saturated carbocycles. The zero-order chi connectivity index (χ0) is 17.1. The van der Waals surface area contributed by atoms with Crippen molar-refractivity contribution in [3.63, 3.8) is 0 Å². The molecule has 0 aromatic carbocycles. The zero-order valence-electron chi connectivity index (χ0n) is 14.9. The predicted octanol–water partition coefficient (Wildman–Crippen LogP) is 1.27. The van der Waals surface area contributed by atoms with Crippen LogP contribution in [0.5, 0.6) is 0 Å². The smallest absolute Gasteiger partial charge is 0.237 e. The summed E-state index contributed by atoms with van der Waals surface area (Å²) in [7, 11) is 1.91. The minimum atomic E-state index is -0.154. The van der Waals surface area contributed by atoms with Crippen molar-refractivity contribution < 1.29 is 9.53 Å². The van der Waals surface area contributed by atoms with Gasteiger partial charge in [-0.3, -0.25) is 9.69 Å². The summed E-state index contributed by atoms with van der Waals surface area (Å²) in [5, 5.41) is 11.3. The summed E-state index contributed by atoms with van der Waals surface area (Å²) in [6.45, 7) is 6.27. The minimum absolute atomic E-state index is 0.130. The van der Waals surface area contributed by atoms with Gasteiger partial charge in [-0.05, 0) is 25.7 Å². The lowest BCUT2D eigenvalue weighted by atomic mass is 9.86. The molecule has 2 aliphatic rings. The molecule has 0 bridgehead atoms. The summed E-state index contributed by atoms with van der Waals surface area (Å²) in [4.78, 5) is 14.9. The molecular formula is C17H29N5O2. The Labute approximate surface area is 143 Å². The van der Waals surface area contributed by atoms with Crippen LogP contribution in [-0.2, 0) is 16.6 Å². The molecule has 2 heterocycles. The summed E-state index contributed by atoms with van der Waals surface area (Å²) in [6, 6.07) is 0.169. The molecule has 2 fully saturated rings. The number of ether oxygens (including phenoxy) is 1. The fourth-order valence-corrected chi connectivity index (χ4v) is 3.76. The van der Waals surface area contributed by atoms with Crippen molar-refractivity contribution in [2.75, 3.05) is 19.7 Å². The number of nitrogens with one attached hydrogen (secondary N) is 1. The molecule has 7 heteroatoms. The van der Waals surface area contributed by atoms with Crippen LogP contribution in [0, 0.1) is 5.92 Å². The summed E-state index contributed by atoms with van der Waals surface area (Å²) in [5.74, 6) is 1.52. The highest BCUT2D eigenvalue weighted by Crippen LogP contribution is 2.25. The van der Waals surface area contributed by atoms with Gasteiger partial charge in [0.1, 0.15) is 12.4 Å². The van der Waals surface area contributed by atoms with Crippen molar-refractivity contribution in [2.24, 2.45) is 13.0 Å². The van der Waals surface area contributed by atoms with Gasteiger partial charge in [-0.2, -0.15) is 0 Å². The standard InChI is InChI=1S/C17H29N5O2/c1-12-6-4-5-7-14(12)19-17(23)13(2)22-8-9-24-15(10-22)16-20-18-11-21(16)3/h11-15H,4-10H2,1-3H3,(H,19,23)/t12-,13+,14+,15+/m1/s1. The normalized spacial score (nSPS) is 30.0. The van der Waals surface area contributed by atoms with Gasteiger partial charge >= 0.3 is 0 Å². The molecule has 0 spiro atoms. The second-order valence-electron chi connectivity index (χ2n) is 7.21. The molecule has 134 valence electrons. The number of aryl methyl sites for hydroxylation is 1. The van der Waals surface area contributed by atoms with Crippen LogP contribution < -0.4 is 5.32 Å². The van der Waals surface area contributed by atoms with Crippen LogP contribution in [0.2, 0.25) is 0 Å². The molecule has 0 unspecified atom stereocenters. The monoisotopic (exact) mass is 335 g/mol. The van der Waals surface area contributed by atoms with E-state index < -0.39 is 0 Å². The lowest BCUT2D eigenvalue weighted by molar-refractivity contribution is -0.130. The second-order valence-corrected chi connectivity index (χ2v) is 7.21. The van der Waals surface area contributed by atoms with Crippen molar-refractivity contribution in [3.05, 3.63) is 12.2 Å². The van der Waals surface area contributed by atoms with Gasteiger partial charge in [0, 0.05) is 26.2 Å². The number of hydrogen-bond acceptors (Lipinski definition) is 5. The molecule has 1 amide bonds. The first-order valence-corrected chi connectivity index (χ1v) is 9.06. The Morgan fingerprint density at radius 2 is 2.21 bits per heavy atom. The van der Waals surface area contributed by atoms with Crippen LogP contribution >= 0.6 is 0 Å². The van der Waals surface area contributed by atoms with E-state index in [1.165, 1.54) is 19.3 Å². The topological polar surface area (TPSA) is 72.3 Å². The maximum absolute atomic E-state index is 12.7. The van der Waals surface area contributed by atoms with Crippen LogP contribution in [-0.4, -0.2) is 57.4 Å². The van der Waals surface area contributed by atoms with E-state index in [2.05, 4.69) is 27.3 Å². The number of amides is 1. The second kappa shape index (κ2) is 7.61. The van der Waals surface area contributed by atoms with E-state index in [0.717, 1.165) is 18.8 Å². The Kier molecular flexibility index (Phi) is 5.50. The SMILES string of the molecule is C[C@@H]1CCCC[C@@H]1NC(=O)[C@H](C)N1CCO[C@H](c2nncn2C)C1. The van der Waals surface area contributed by atoms with Gasteiger partial charge in [-0.1, -0.05) is 19.8 Å². The van der Waals surface area contributed by atoms with Gasteiger partial charge < -0.3 is 14.6 Å². The molecular weight excluding hydrogens is 306 g/mol. The van der Waals surface area contributed by atoms with Gasteiger partial charge in [0.2, 0.25) is 5.91 Å². The van der Waals surface area contributed by atoms with Crippen molar-refractivity contribution in [1.82, 2.24) is 25.0 Å². The van der Waals surface area contributed by atoms with Crippen LogP contribution in [0.1, 0.15) is 51.5 Å². The van der Waals surface area contributed by atoms with Crippen LogP contribution in [0.4, 0.5) is 0 Å². The van der Waals surface area contributed by atoms with E-state index in [-0.39, 0.29) is 18.1 Å². The van der Waals surface area contributed by atoms with Gasteiger partial charge in [0.25, 0.3) is 0 Å². The molecule has 7 nitrogen and oxygen atoms in total. The van der Waals surface area contributed by atoms with Crippen molar-refractivity contribution in [1.29, 1.82) is 0 Å². The third kappa shape index (κ3) is 3.78. The summed E-state index contributed by atoms with van der Waals surface area (Å²) >= 11 is 0. The van der Waals surface area contributed by atoms with Crippen molar-refractivity contribution in [2.45, 2.75) is 57.7 Å². The van der Waals surface area contributed by atoms with Crippen LogP contribution in [0.3, 0.4) is 0 Å². The Bertz CT molecular complexity index is 561. The van der Waals surface area contributed by atoms with E-state index in [0.29, 0.717) is 25.1 Å². The van der Waals surface area contributed by atoms with Gasteiger partial charge in [0.05, 0.1) is 12.6 Å². The largest absolute Gasteiger partial charge is 0.368 e. The highest BCUT2D eigenvalue weighted by atomic mass is 16.5. The molecule has 4 atom stereocenters. The Balaban J connectivity index is 1.58. The third-order valence-corrected chi connectivity index (χ3v) is 5.50. The van der Waals surface area contributed by atoms with Crippen molar-refractivity contribution in [3.8, 4) is 0 Å². The number of carbonyl (C=O) groups excluding carboxylic acids is 1. The van der Waals surface area contributed by atoms with Crippen LogP contribution in [0.15, 0.2) is 6.33 Å². The maximum Gasteiger partial charge on any atom is 0.237 e. The van der Waals surface area contributed by atoms with E-state index in [1.54, 1.807) is 6.33 Å². The first-order valence-electron chi connectivity index (χ1n) is 9.06. The quantitative estimate of drug-likeness (QED) is 0.897. The zero-order valence-corrected chi connectivity index (χ0v) is 14.9. The van der Waals surface area contributed by atoms with E-state index in [9.17, 15) is 4.79 Å². The molecule has 1 aliphatic carbocycles. The Morgan fingerprint density at radius 1 is 1.42 bits per heavy atom. The average Bonchev–Trinajstić information content (AvgIpc) is 3.02. The fraction of sp³-hybridized carbons (Fsp3) is 0.824. The summed E-state index contributed by atoms with van der Waals surface area (Å²) in [6.07, 6.45) is 6.37. The van der Waals surface area contributed by atoms with E-state index >= 15 is 0 Å². The van der Waals surface area contributed by atoms with Gasteiger partial charge in [-0.25, -0.2) is 0 Å². The highest BCUT2D eigenvalue weighted by molar-refractivity contribution is 5.81. The molecule has 1 saturated heterocycles. The fourth-order valence-electron chi connectivity index (χ4n) is 3.76. The number of hydrogen-bond donors (Lipinski definition) is 1. The first kappa shape index (κ1) is 17.4. The number of carbonyl (C=O) groups is 1. The maximum atomic E-state index is 12.7. The predicted molar refractivity (Wildman–Crippen MR) is 90.3 cm³/mol. The van der Waals surface area contributed by atoms with Crippen molar-refractivity contribution >= 4 is 5.91 Å². The summed E-state index contributed by atoms with van der Waals surface area (Å²) < 4.78 is 7.71. The minimum Gasteiger partial charge on any atom is -0.368 e. The number of rotatable bonds is 4. The molecule has 1 aromatic heterocycles. The highest BCUT2D eigenvalue weighted by Gasteiger charge is 2.32. The Hall–Kier alpha value is -1.47.